The van der Waals surface area contributed by atoms with Gasteiger partial charge in [0.1, 0.15) is 5.69 Å². The SMILES string of the molecule is Cc1ccccc1C(=O)Nc1cc(N2CCCC[C@H]2C)c([N+](=O)[O-])cc1Cl. The predicted molar refractivity (Wildman–Crippen MR) is 108 cm³/mol. The van der Waals surface area contributed by atoms with Gasteiger partial charge >= 0.3 is 0 Å². The molecule has 1 N–H and O–H groups in total. The van der Waals surface area contributed by atoms with Crippen LogP contribution in [0.3, 0.4) is 0 Å². The maximum Gasteiger partial charge on any atom is 0.294 e. The third-order valence-electron chi connectivity index (χ3n) is 5.01. The molecule has 0 aromatic heterocycles. The Morgan fingerprint density at radius 2 is 2.04 bits per heavy atom. The summed E-state index contributed by atoms with van der Waals surface area (Å²) in [6, 6.07) is 10.4. The second-order valence-corrected chi connectivity index (χ2v) is 7.29. The molecule has 1 aliphatic rings. The fraction of sp³-hybridized carbons (Fsp3) is 0.350. The third kappa shape index (κ3) is 4.06. The zero-order valence-corrected chi connectivity index (χ0v) is 16.1. The lowest BCUT2D eigenvalue weighted by Crippen LogP contribution is -2.37. The van der Waals surface area contributed by atoms with E-state index in [1.807, 2.05) is 24.0 Å². The second kappa shape index (κ2) is 7.96. The molecule has 1 saturated heterocycles. The number of piperidine rings is 1. The Labute approximate surface area is 163 Å². The third-order valence-corrected chi connectivity index (χ3v) is 5.32. The standard InChI is InChI=1S/C20H22ClN3O3/c1-13-7-3-4-9-15(13)20(25)22-17-12-18(19(24(26)27)11-16(17)21)23-10-6-5-8-14(23)2/h3-4,7,9,11-12,14H,5-6,8,10H2,1-2H3,(H,22,25)/t14-/m1/s1. The number of nitrogens with zero attached hydrogens (tertiary/aromatic N) is 2. The molecule has 7 heteroatoms. The normalized spacial score (nSPS) is 16.9. The highest BCUT2D eigenvalue weighted by molar-refractivity contribution is 6.34. The fourth-order valence-electron chi connectivity index (χ4n) is 3.50. The predicted octanol–water partition coefficient (Wildman–Crippen LogP) is 5.19. The number of hydrogen-bond donors (Lipinski definition) is 1. The number of rotatable bonds is 4. The van der Waals surface area contributed by atoms with E-state index in [9.17, 15) is 14.9 Å². The summed E-state index contributed by atoms with van der Waals surface area (Å²) in [4.78, 5) is 25.8. The zero-order chi connectivity index (χ0) is 19.6. The summed E-state index contributed by atoms with van der Waals surface area (Å²) in [6.45, 7) is 4.66. The van der Waals surface area contributed by atoms with E-state index in [-0.39, 0.29) is 22.7 Å². The van der Waals surface area contributed by atoms with Crippen LogP contribution in [0.1, 0.15) is 42.1 Å². The zero-order valence-electron chi connectivity index (χ0n) is 15.4. The van der Waals surface area contributed by atoms with Gasteiger partial charge in [0.25, 0.3) is 11.6 Å². The van der Waals surface area contributed by atoms with Crippen LogP contribution in [0.4, 0.5) is 17.1 Å². The van der Waals surface area contributed by atoms with Gasteiger partial charge in [0.15, 0.2) is 0 Å². The molecule has 3 rings (SSSR count). The molecule has 2 aromatic carbocycles. The number of carbonyl (C=O) groups excluding carboxylic acids is 1. The van der Waals surface area contributed by atoms with Crippen LogP contribution in [0.5, 0.6) is 0 Å². The summed E-state index contributed by atoms with van der Waals surface area (Å²) in [5, 5.41) is 14.5. The second-order valence-electron chi connectivity index (χ2n) is 6.89. The van der Waals surface area contributed by atoms with Gasteiger partial charge in [-0.1, -0.05) is 29.8 Å². The van der Waals surface area contributed by atoms with Gasteiger partial charge in [-0.3, -0.25) is 14.9 Å². The van der Waals surface area contributed by atoms with Crippen molar-refractivity contribution in [2.24, 2.45) is 0 Å². The van der Waals surface area contributed by atoms with Crippen molar-refractivity contribution >= 4 is 34.6 Å². The Hall–Kier alpha value is -2.60. The molecule has 0 aliphatic carbocycles. The summed E-state index contributed by atoms with van der Waals surface area (Å²) >= 11 is 6.25. The first-order valence-electron chi connectivity index (χ1n) is 9.00. The maximum absolute atomic E-state index is 12.6. The molecule has 0 radical (unpaired) electrons. The number of anilines is 2. The smallest absolute Gasteiger partial charge is 0.294 e. The quantitative estimate of drug-likeness (QED) is 0.578. The molecule has 142 valence electrons. The molecule has 1 amide bonds. The van der Waals surface area contributed by atoms with Crippen LogP contribution in [-0.2, 0) is 0 Å². The summed E-state index contributed by atoms with van der Waals surface area (Å²) < 4.78 is 0. The Morgan fingerprint density at radius 3 is 2.70 bits per heavy atom. The van der Waals surface area contributed by atoms with Crippen LogP contribution in [-0.4, -0.2) is 23.4 Å². The van der Waals surface area contributed by atoms with Gasteiger partial charge in [-0.05, 0) is 50.8 Å². The lowest BCUT2D eigenvalue weighted by molar-refractivity contribution is -0.384. The first kappa shape index (κ1) is 19.2. The van der Waals surface area contributed by atoms with Crippen molar-refractivity contribution in [3.05, 3.63) is 62.7 Å². The van der Waals surface area contributed by atoms with E-state index >= 15 is 0 Å². The van der Waals surface area contributed by atoms with Gasteiger partial charge < -0.3 is 10.2 Å². The highest BCUT2D eigenvalue weighted by atomic mass is 35.5. The summed E-state index contributed by atoms with van der Waals surface area (Å²) in [6.07, 6.45) is 3.07. The molecule has 6 nitrogen and oxygen atoms in total. The summed E-state index contributed by atoms with van der Waals surface area (Å²) in [5.74, 6) is -0.290. The molecule has 0 spiro atoms. The van der Waals surface area contributed by atoms with E-state index in [0.29, 0.717) is 16.9 Å². The van der Waals surface area contributed by atoms with E-state index in [4.69, 9.17) is 11.6 Å². The number of halogens is 1. The number of nitro groups is 1. The number of hydrogen-bond acceptors (Lipinski definition) is 4. The minimum atomic E-state index is -0.421. The average Bonchev–Trinajstić information content (AvgIpc) is 2.63. The van der Waals surface area contributed by atoms with Gasteiger partial charge in [-0.25, -0.2) is 0 Å². The van der Waals surface area contributed by atoms with E-state index in [0.717, 1.165) is 31.4 Å². The number of aryl methyl sites for hydroxylation is 1. The number of benzene rings is 2. The molecule has 27 heavy (non-hydrogen) atoms. The Morgan fingerprint density at radius 1 is 1.30 bits per heavy atom. The molecule has 1 aliphatic heterocycles. The van der Waals surface area contributed by atoms with Crippen molar-refractivity contribution in [3.63, 3.8) is 0 Å². The number of nitro benzene ring substituents is 1. The Bertz CT molecular complexity index is 885. The molecule has 0 bridgehead atoms. The van der Waals surface area contributed by atoms with Crippen LogP contribution in [0.2, 0.25) is 5.02 Å². The highest BCUT2D eigenvalue weighted by Crippen LogP contribution is 2.39. The minimum Gasteiger partial charge on any atom is -0.363 e. The lowest BCUT2D eigenvalue weighted by Gasteiger charge is -2.35. The highest BCUT2D eigenvalue weighted by Gasteiger charge is 2.27. The van der Waals surface area contributed by atoms with Crippen LogP contribution < -0.4 is 10.2 Å². The molecule has 1 heterocycles. The van der Waals surface area contributed by atoms with Crippen LogP contribution in [0, 0.1) is 17.0 Å². The molecular weight excluding hydrogens is 366 g/mol. The van der Waals surface area contributed by atoms with Crippen LogP contribution >= 0.6 is 11.6 Å². The minimum absolute atomic E-state index is 0.0392. The van der Waals surface area contributed by atoms with Gasteiger partial charge in [0, 0.05) is 24.2 Å². The first-order chi connectivity index (χ1) is 12.9. The van der Waals surface area contributed by atoms with Crippen molar-refractivity contribution in [3.8, 4) is 0 Å². The van der Waals surface area contributed by atoms with Crippen molar-refractivity contribution in [2.45, 2.75) is 39.2 Å². The van der Waals surface area contributed by atoms with Crippen LogP contribution in [0.25, 0.3) is 0 Å². The largest absolute Gasteiger partial charge is 0.363 e. The van der Waals surface area contributed by atoms with Crippen molar-refractivity contribution in [1.29, 1.82) is 0 Å². The average molecular weight is 388 g/mol. The summed E-state index contributed by atoms with van der Waals surface area (Å²) in [5.41, 5.74) is 2.22. The van der Waals surface area contributed by atoms with Gasteiger partial charge in [0.2, 0.25) is 0 Å². The number of amides is 1. The van der Waals surface area contributed by atoms with E-state index in [1.54, 1.807) is 18.2 Å². The topological polar surface area (TPSA) is 75.5 Å². The molecule has 0 saturated carbocycles. The monoisotopic (exact) mass is 387 g/mol. The molecule has 1 atom stereocenters. The van der Waals surface area contributed by atoms with Gasteiger partial charge in [-0.2, -0.15) is 0 Å². The molecular formula is C20H22ClN3O3. The van der Waals surface area contributed by atoms with E-state index in [1.165, 1.54) is 6.07 Å². The van der Waals surface area contributed by atoms with E-state index < -0.39 is 4.92 Å². The summed E-state index contributed by atoms with van der Waals surface area (Å²) in [7, 11) is 0. The van der Waals surface area contributed by atoms with E-state index in [2.05, 4.69) is 12.2 Å². The van der Waals surface area contributed by atoms with Crippen molar-refractivity contribution < 1.29 is 9.72 Å². The molecule has 1 fully saturated rings. The maximum atomic E-state index is 12.6. The van der Waals surface area contributed by atoms with Crippen LogP contribution in [0.15, 0.2) is 36.4 Å². The van der Waals surface area contributed by atoms with Gasteiger partial charge in [-0.15, -0.1) is 0 Å². The van der Waals surface area contributed by atoms with Crippen molar-refractivity contribution in [1.82, 2.24) is 0 Å². The number of nitrogens with one attached hydrogen (secondary N) is 1. The number of carbonyl (C=O) groups is 1. The fourth-order valence-corrected chi connectivity index (χ4v) is 3.70. The molecule has 0 unspecified atom stereocenters. The van der Waals surface area contributed by atoms with Gasteiger partial charge in [0.05, 0.1) is 15.6 Å². The Balaban J connectivity index is 1.98. The molecule has 2 aromatic rings. The first-order valence-corrected chi connectivity index (χ1v) is 9.38. The lowest BCUT2D eigenvalue weighted by atomic mass is 10.0. The Kier molecular flexibility index (Phi) is 5.65. The van der Waals surface area contributed by atoms with Crippen molar-refractivity contribution in [2.75, 3.05) is 16.8 Å².